The second-order valence-corrected chi connectivity index (χ2v) is 8.70. The van der Waals surface area contributed by atoms with Gasteiger partial charge in [-0.1, -0.05) is 31.9 Å². The van der Waals surface area contributed by atoms with Crippen LogP contribution in [0.25, 0.3) is 0 Å². The van der Waals surface area contributed by atoms with Crippen molar-refractivity contribution in [3.63, 3.8) is 0 Å². The molecule has 0 heterocycles. The lowest BCUT2D eigenvalue weighted by Gasteiger charge is -2.13. The topological polar surface area (TPSA) is 101 Å². The maximum Gasteiger partial charge on any atom is 0.269 e. The van der Waals surface area contributed by atoms with Gasteiger partial charge in [0.1, 0.15) is 0 Å². The number of benzene rings is 1. The van der Waals surface area contributed by atoms with E-state index in [1.807, 2.05) is 0 Å². The number of alkyl halides is 2. The Morgan fingerprint density at radius 2 is 1.76 bits per heavy atom. The highest BCUT2D eigenvalue weighted by molar-refractivity contribution is 9.25. The minimum absolute atomic E-state index is 0.107. The molecule has 2 rings (SSSR count). The SMILES string of the molecule is C[C@@]1(C(=O)NNC(=O)c2ccc([N+](=O)[O-])cc2)CC1(Br)Br. The maximum atomic E-state index is 11.9. The van der Waals surface area contributed by atoms with E-state index in [2.05, 4.69) is 42.7 Å². The number of nitro benzene ring substituents is 1. The third-order valence-electron chi connectivity index (χ3n) is 3.39. The van der Waals surface area contributed by atoms with Crippen molar-refractivity contribution in [2.24, 2.45) is 5.41 Å². The number of nitrogens with one attached hydrogen (secondary N) is 2. The molecule has 0 radical (unpaired) electrons. The number of halogens is 2. The first kappa shape index (κ1) is 15.9. The van der Waals surface area contributed by atoms with Crippen LogP contribution in [0.2, 0.25) is 0 Å². The fourth-order valence-corrected chi connectivity index (χ4v) is 3.19. The van der Waals surface area contributed by atoms with Crippen LogP contribution in [0.15, 0.2) is 24.3 Å². The van der Waals surface area contributed by atoms with E-state index in [-0.39, 0.29) is 17.2 Å². The number of rotatable bonds is 3. The smallest absolute Gasteiger partial charge is 0.269 e. The molecule has 1 saturated carbocycles. The van der Waals surface area contributed by atoms with Crippen LogP contribution in [0.1, 0.15) is 23.7 Å². The van der Waals surface area contributed by atoms with Crippen molar-refractivity contribution in [2.75, 3.05) is 0 Å². The normalized spacial score (nSPS) is 22.2. The van der Waals surface area contributed by atoms with E-state index < -0.39 is 19.5 Å². The average Bonchev–Trinajstić information content (AvgIpc) is 2.96. The van der Waals surface area contributed by atoms with E-state index in [0.29, 0.717) is 6.42 Å². The third-order valence-corrected chi connectivity index (χ3v) is 5.70. The van der Waals surface area contributed by atoms with Crippen molar-refractivity contribution < 1.29 is 14.5 Å². The summed E-state index contributed by atoms with van der Waals surface area (Å²) in [5, 5.41) is 10.5. The molecule has 0 aliphatic heterocycles. The van der Waals surface area contributed by atoms with Gasteiger partial charge in [-0.05, 0) is 25.5 Å². The van der Waals surface area contributed by atoms with Crippen LogP contribution in [0.4, 0.5) is 5.69 Å². The first-order chi connectivity index (χ1) is 9.67. The van der Waals surface area contributed by atoms with E-state index in [0.717, 1.165) is 0 Å². The lowest BCUT2D eigenvalue weighted by atomic mass is 10.1. The quantitative estimate of drug-likeness (QED) is 0.444. The molecule has 1 aliphatic carbocycles. The summed E-state index contributed by atoms with van der Waals surface area (Å²) in [5.41, 5.74) is 4.09. The van der Waals surface area contributed by atoms with E-state index in [4.69, 9.17) is 0 Å². The Morgan fingerprint density at radius 1 is 1.24 bits per heavy atom. The molecule has 1 aromatic carbocycles. The van der Waals surface area contributed by atoms with Crippen LogP contribution in [-0.4, -0.2) is 20.0 Å². The second-order valence-electron chi connectivity index (χ2n) is 4.93. The van der Waals surface area contributed by atoms with Gasteiger partial charge in [-0.15, -0.1) is 0 Å². The Labute approximate surface area is 136 Å². The Kier molecular flexibility index (Phi) is 4.07. The highest BCUT2D eigenvalue weighted by Crippen LogP contribution is 2.66. The minimum Gasteiger partial charge on any atom is -0.273 e. The van der Waals surface area contributed by atoms with Crippen LogP contribution in [0.3, 0.4) is 0 Å². The summed E-state index contributed by atoms with van der Waals surface area (Å²) in [5.74, 6) is -0.872. The van der Waals surface area contributed by atoms with Gasteiger partial charge in [-0.2, -0.15) is 0 Å². The van der Waals surface area contributed by atoms with Crippen molar-refractivity contribution in [3.05, 3.63) is 39.9 Å². The second kappa shape index (κ2) is 5.38. The zero-order valence-corrected chi connectivity index (χ0v) is 14.0. The highest BCUT2D eigenvalue weighted by atomic mass is 79.9. The summed E-state index contributed by atoms with van der Waals surface area (Å²) in [6.07, 6.45) is 0.596. The van der Waals surface area contributed by atoms with Gasteiger partial charge in [-0.3, -0.25) is 30.6 Å². The van der Waals surface area contributed by atoms with Gasteiger partial charge in [0.15, 0.2) is 0 Å². The Balaban J connectivity index is 1.93. The predicted molar refractivity (Wildman–Crippen MR) is 82.0 cm³/mol. The van der Waals surface area contributed by atoms with E-state index >= 15 is 0 Å². The fourth-order valence-electron chi connectivity index (χ4n) is 1.70. The van der Waals surface area contributed by atoms with Gasteiger partial charge in [0.05, 0.1) is 13.6 Å². The number of hydrogen-bond acceptors (Lipinski definition) is 4. The maximum absolute atomic E-state index is 11.9. The van der Waals surface area contributed by atoms with Crippen molar-refractivity contribution in [3.8, 4) is 0 Å². The zero-order chi connectivity index (χ0) is 15.8. The van der Waals surface area contributed by atoms with Crippen LogP contribution < -0.4 is 10.9 Å². The van der Waals surface area contributed by atoms with E-state index in [1.165, 1.54) is 24.3 Å². The molecule has 1 aromatic rings. The predicted octanol–water partition coefficient (Wildman–Crippen LogP) is 2.25. The Bertz CT molecular complexity index is 617. The van der Waals surface area contributed by atoms with E-state index in [1.54, 1.807) is 6.92 Å². The van der Waals surface area contributed by atoms with Gasteiger partial charge < -0.3 is 0 Å². The molecule has 9 heteroatoms. The zero-order valence-electron chi connectivity index (χ0n) is 10.9. The van der Waals surface area contributed by atoms with Crippen molar-refractivity contribution >= 4 is 49.4 Å². The van der Waals surface area contributed by atoms with Gasteiger partial charge in [0, 0.05) is 17.7 Å². The summed E-state index contributed by atoms with van der Waals surface area (Å²) in [4.78, 5) is 33.7. The van der Waals surface area contributed by atoms with Crippen LogP contribution in [0.5, 0.6) is 0 Å². The van der Waals surface area contributed by atoms with Gasteiger partial charge >= 0.3 is 0 Å². The minimum atomic E-state index is -0.643. The lowest BCUT2D eigenvalue weighted by molar-refractivity contribution is -0.384. The fraction of sp³-hybridized carbons (Fsp3) is 0.333. The number of hydrazine groups is 1. The molecule has 0 saturated heterocycles. The molecule has 1 atom stereocenters. The molecule has 0 unspecified atom stereocenters. The Hall–Kier alpha value is -1.48. The summed E-state index contributed by atoms with van der Waals surface area (Å²) in [6.45, 7) is 1.75. The number of nitro groups is 1. The van der Waals surface area contributed by atoms with Crippen LogP contribution in [-0.2, 0) is 4.79 Å². The number of nitrogens with zero attached hydrogens (tertiary/aromatic N) is 1. The van der Waals surface area contributed by atoms with Gasteiger partial charge in [-0.25, -0.2) is 0 Å². The molecule has 7 nitrogen and oxygen atoms in total. The molecule has 1 aliphatic rings. The summed E-state index contributed by atoms with van der Waals surface area (Å²) in [7, 11) is 0. The largest absolute Gasteiger partial charge is 0.273 e. The number of carbonyl (C=O) groups is 2. The molecule has 1 fully saturated rings. The third kappa shape index (κ3) is 3.08. The van der Waals surface area contributed by atoms with Crippen LogP contribution >= 0.6 is 31.9 Å². The number of carbonyl (C=O) groups excluding carboxylic acids is 2. The standard InChI is InChI=1S/C12H11Br2N3O4/c1-11(6-12(11,13)14)10(19)16-15-9(18)7-2-4-8(5-3-7)17(20)21/h2-5H,6H2,1H3,(H,15,18)(H,16,19)/t11-/m0/s1. The highest BCUT2D eigenvalue weighted by Gasteiger charge is 2.66. The molecule has 0 spiro atoms. The summed E-state index contributed by atoms with van der Waals surface area (Å²) < 4.78 is -0.449. The first-order valence-corrected chi connectivity index (χ1v) is 7.49. The van der Waals surface area contributed by atoms with Crippen molar-refractivity contribution in [1.82, 2.24) is 10.9 Å². The molecule has 112 valence electrons. The number of hydrogen-bond donors (Lipinski definition) is 2. The summed E-state index contributed by atoms with van der Waals surface area (Å²) in [6, 6.07) is 5.08. The van der Waals surface area contributed by atoms with Crippen LogP contribution in [0, 0.1) is 15.5 Å². The molecule has 0 aromatic heterocycles. The van der Waals surface area contributed by atoms with Gasteiger partial charge in [0.25, 0.3) is 11.6 Å². The molecule has 2 amide bonds. The molecular weight excluding hydrogens is 410 g/mol. The summed E-state index contributed by atoms with van der Waals surface area (Å²) >= 11 is 6.72. The first-order valence-electron chi connectivity index (χ1n) is 5.90. The molecule has 0 bridgehead atoms. The average molecular weight is 421 g/mol. The molecule has 21 heavy (non-hydrogen) atoms. The van der Waals surface area contributed by atoms with Gasteiger partial charge in [0.2, 0.25) is 5.91 Å². The molecule has 2 N–H and O–H groups in total. The van der Waals surface area contributed by atoms with Crippen molar-refractivity contribution in [1.29, 1.82) is 0 Å². The monoisotopic (exact) mass is 419 g/mol. The number of non-ortho nitro benzene ring substituents is 1. The number of amides is 2. The Morgan fingerprint density at radius 3 is 2.19 bits per heavy atom. The molecular formula is C12H11Br2N3O4. The lowest BCUT2D eigenvalue weighted by Crippen LogP contribution is -2.45. The van der Waals surface area contributed by atoms with E-state index in [9.17, 15) is 19.7 Å². The van der Waals surface area contributed by atoms with Crippen molar-refractivity contribution in [2.45, 2.75) is 16.6 Å².